The molecule has 0 saturated carbocycles. The molecule has 0 aromatic carbocycles. The van der Waals surface area contributed by atoms with E-state index < -0.39 is 11.5 Å². The maximum atomic E-state index is 10.6. The van der Waals surface area contributed by atoms with Crippen LogP contribution in [0.5, 0.6) is 0 Å². The van der Waals surface area contributed by atoms with Gasteiger partial charge < -0.3 is 16.6 Å². The number of carboxylic acids is 1. The second-order valence-electron chi connectivity index (χ2n) is 3.53. The average Bonchev–Trinajstić information content (AvgIpc) is 2.10. The molecule has 15 heavy (non-hydrogen) atoms. The lowest BCUT2D eigenvalue weighted by Crippen LogP contribution is -2.44. The second-order valence-corrected chi connectivity index (χ2v) is 3.53. The maximum absolute atomic E-state index is 10.6. The molecular formula is C10H17N3O2. The third-order valence-electron chi connectivity index (χ3n) is 1.79. The topological polar surface area (TPSA) is 102 Å². The van der Waals surface area contributed by atoms with Gasteiger partial charge in [0.15, 0.2) is 0 Å². The molecule has 84 valence electrons. The van der Waals surface area contributed by atoms with Crippen LogP contribution in [0.3, 0.4) is 0 Å². The van der Waals surface area contributed by atoms with E-state index in [0.717, 1.165) is 0 Å². The first-order chi connectivity index (χ1) is 6.86. The number of nitrogens with zero attached hydrogens (tertiary/aromatic N) is 1. The Morgan fingerprint density at radius 2 is 2.13 bits per heavy atom. The van der Waals surface area contributed by atoms with E-state index in [1.54, 1.807) is 6.92 Å². The van der Waals surface area contributed by atoms with Gasteiger partial charge in [-0.3, -0.25) is 9.79 Å². The number of carboxylic acid groups (broad SMARTS) is 1. The number of aliphatic carboxylic acids is 1. The summed E-state index contributed by atoms with van der Waals surface area (Å²) in [7, 11) is 0. The minimum atomic E-state index is -1.21. The first-order valence-corrected chi connectivity index (χ1v) is 4.61. The van der Waals surface area contributed by atoms with Crippen LogP contribution in [0.4, 0.5) is 0 Å². The van der Waals surface area contributed by atoms with Crippen LogP contribution in [0.2, 0.25) is 0 Å². The smallest absolute Gasteiger partial charge is 0.323 e. The van der Waals surface area contributed by atoms with Crippen LogP contribution in [0.1, 0.15) is 26.7 Å². The molecule has 0 spiro atoms. The monoisotopic (exact) mass is 211 g/mol. The summed E-state index contributed by atoms with van der Waals surface area (Å²) in [4.78, 5) is 14.5. The molecule has 1 unspecified atom stereocenters. The van der Waals surface area contributed by atoms with Crippen molar-refractivity contribution in [2.45, 2.75) is 32.2 Å². The van der Waals surface area contributed by atoms with Gasteiger partial charge in [-0.05, 0) is 20.3 Å². The van der Waals surface area contributed by atoms with E-state index in [9.17, 15) is 4.79 Å². The van der Waals surface area contributed by atoms with Gasteiger partial charge in [0.1, 0.15) is 12.1 Å². The second kappa shape index (κ2) is 6.04. The number of amidine groups is 1. The van der Waals surface area contributed by atoms with Crippen molar-refractivity contribution in [2.75, 3.05) is 6.54 Å². The van der Waals surface area contributed by atoms with E-state index in [0.29, 0.717) is 25.2 Å². The summed E-state index contributed by atoms with van der Waals surface area (Å²) in [6, 6.07) is 0. The minimum absolute atomic E-state index is 0.320. The summed E-state index contributed by atoms with van der Waals surface area (Å²) < 4.78 is 0. The summed E-state index contributed by atoms with van der Waals surface area (Å²) in [5.41, 5.74) is 9.60. The van der Waals surface area contributed by atoms with Crippen molar-refractivity contribution >= 4 is 11.8 Å². The van der Waals surface area contributed by atoms with Crippen molar-refractivity contribution in [3.05, 3.63) is 0 Å². The predicted molar refractivity (Wildman–Crippen MR) is 59.4 cm³/mol. The van der Waals surface area contributed by atoms with Gasteiger partial charge in [0, 0.05) is 6.42 Å². The van der Waals surface area contributed by atoms with Gasteiger partial charge in [0.2, 0.25) is 0 Å². The quantitative estimate of drug-likeness (QED) is 0.344. The van der Waals surface area contributed by atoms with Crippen LogP contribution in [0.25, 0.3) is 0 Å². The maximum Gasteiger partial charge on any atom is 0.323 e. The van der Waals surface area contributed by atoms with E-state index >= 15 is 0 Å². The van der Waals surface area contributed by atoms with Crippen molar-refractivity contribution in [3.8, 4) is 11.8 Å². The number of hydrogen-bond acceptors (Lipinski definition) is 3. The van der Waals surface area contributed by atoms with E-state index in [1.165, 1.54) is 6.92 Å². The Balaban J connectivity index is 3.89. The molecule has 5 N–H and O–H groups in total. The summed E-state index contributed by atoms with van der Waals surface area (Å²) in [6.45, 7) is 3.50. The zero-order valence-electron chi connectivity index (χ0n) is 9.08. The summed E-state index contributed by atoms with van der Waals surface area (Å²) in [6.07, 6.45) is 0.763. The van der Waals surface area contributed by atoms with E-state index in [1.807, 2.05) is 0 Å². The first kappa shape index (κ1) is 13.5. The van der Waals surface area contributed by atoms with Crippen molar-refractivity contribution < 1.29 is 9.90 Å². The predicted octanol–water partition coefficient (Wildman–Crippen LogP) is -0.0509. The SMILES string of the molecule is CC(N)=NCC#CCCC(C)(N)C(=O)O. The molecule has 0 aliphatic heterocycles. The fourth-order valence-corrected chi connectivity index (χ4v) is 0.738. The molecule has 1 atom stereocenters. The zero-order chi connectivity index (χ0) is 11.9. The zero-order valence-corrected chi connectivity index (χ0v) is 9.08. The summed E-state index contributed by atoms with van der Waals surface area (Å²) in [5.74, 6) is 5.03. The van der Waals surface area contributed by atoms with E-state index in [2.05, 4.69) is 16.8 Å². The molecule has 5 heteroatoms. The standard InChI is InChI=1S/C10H17N3O2/c1-8(11)13-7-5-3-4-6-10(2,12)9(14)15/h4,6-7,12H2,1-2H3,(H2,11,13)(H,14,15). The lowest BCUT2D eigenvalue weighted by atomic mass is 9.98. The lowest BCUT2D eigenvalue weighted by Gasteiger charge is -2.16. The van der Waals surface area contributed by atoms with Crippen molar-refractivity contribution in [1.29, 1.82) is 0 Å². The van der Waals surface area contributed by atoms with Gasteiger partial charge in [-0.1, -0.05) is 5.92 Å². The van der Waals surface area contributed by atoms with Crippen LogP contribution in [-0.2, 0) is 4.79 Å². The molecule has 0 aromatic rings. The van der Waals surface area contributed by atoms with Gasteiger partial charge in [-0.15, -0.1) is 5.92 Å². The molecule has 0 aliphatic rings. The Labute approximate surface area is 89.6 Å². The fourth-order valence-electron chi connectivity index (χ4n) is 0.738. The van der Waals surface area contributed by atoms with Crippen molar-refractivity contribution in [3.63, 3.8) is 0 Å². The van der Waals surface area contributed by atoms with E-state index in [-0.39, 0.29) is 0 Å². The van der Waals surface area contributed by atoms with Crippen molar-refractivity contribution in [1.82, 2.24) is 0 Å². The molecule has 0 aliphatic carbocycles. The number of nitrogens with two attached hydrogens (primary N) is 2. The largest absolute Gasteiger partial charge is 0.480 e. The van der Waals surface area contributed by atoms with Gasteiger partial charge >= 0.3 is 5.97 Å². The van der Waals surface area contributed by atoms with Gasteiger partial charge in [0.25, 0.3) is 0 Å². The molecule has 0 amide bonds. The Bertz CT molecular complexity index is 306. The highest BCUT2D eigenvalue weighted by atomic mass is 16.4. The van der Waals surface area contributed by atoms with Crippen LogP contribution in [-0.4, -0.2) is 29.0 Å². The molecule has 0 aromatic heterocycles. The summed E-state index contributed by atoms with van der Waals surface area (Å²) >= 11 is 0. The van der Waals surface area contributed by atoms with Crippen molar-refractivity contribution in [2.24, 2.45) is 16.5 Å². The van der Waals surface area contributed by atoms with Crippen LogP contribution in [0, 0.1) is 11.8 Å². The van der Waals surface area contributed by atoms with Gasteiger partial charge in [-0.2, -0.15) is 0 Å². The lowest BCUT2D eigenvalue weighted by molar-refractivity contribution is -0.142. The number of hydrogen-bond donors (Lipinski definition) is 3. The number of carbonyl (C=O) groups is 1. The molecule has 0 heterocycles. The third kappa shape index (κ3) is 6.52. The molecule has 0 radical (unpaired) electrons. The highest BCUT2D eigenvalue weighted by Crippen LogP contribution is 2.07. The molecular weight excluding hydrogens is 194 g/mol. The Hall–Kier alpha value is -1.54. The normalized spacial score (nSPS) is 15.0. The molecule has 0 bridgehead atoms. The Morgan fingerprint density at radius 1 is 1.53 bits per heavy atom. The summed E-state index contributed by atoms with van der Waals surface area (Å²) in [5, 5.41) is 8.71. The Kier molecular flexibility index (Phi) is 5.42. The third-order valence-corrected chi connectivity index (χ3v) is 1.79. The molecule has 0 rings (SSSR count). The van der Waals surface area contributed by atoms with Gasteiger partial charge in [0.05, 0.1) is 5.84 Å². The molecule has 5 nitrogen and oxygen atoms in total. The minimum Gasteiger partial charge on any atom is -0.480 e. The van der Waals surface area contributed by atoms with Crippen LogP contribution < -0.4 is 11.5 Å². The molecule has 0 fully saturated rings. The molecule has 0 saturated heterocycles. The van der Waals surface area contributed by atoms with Crippen LogP contribution in [0.15, 0.2) is 4.99 Å². The fraction of sp³-hybridized carbons (Fsp3) is 0.600. The van der Waals surface area contributed by atoms with Gasteiger partial charge in [-0.25, -0.2) is 0 Å². The van der Waals surface area contributed by atoms with Crippen LogP contribution >= 0.6 is 0 Å². The average molecular weight is 211 g/mol. The Morgan fingerprint density at radius 3 is 2.60 bits per heavy atom. The highest BCUT2D eigenvalue weighted by molar-refractivity contribution is 5.78. The highest BCUT2D eigenvalue weighted by Gasteiger charge is 2.26. The number of rotatable bonds is 4. The number of aliphatic imine (C=N–C) groups is 1. The van der Waals surface area contributed by atoms with E-state index in [4.69, 9.17) is 16.6 Å². The first-order valence-electron chi connectivity index (χ1n) is 4.61.